The molecule has 5 heteroatoms. The Balaban J connectivity index is -0.000000280. The van der Waals surface area contributed by atoms with E-state index in [9.17, 15) is 9.90 Å². The van der Waals surface area contributed by atoms with Crippen molar-refractivity contribution in [2.75, 3.05) is 0 Å². The van der Waals surface area contributed by atoms with Crippen LogP contribution in [-0.4, -0.2) is 17.0 Å². The third-order valence-electron chi connectivity index (χ3n) is 2.96. The SMILES string of the molecule is CC(C)[C@H](O)[C@@H]1CC=CC1=O.C[C]1[CH][CH][CH][CH]1.[C-]#[O+].[C-]#[O+].[Mn]. The van der Waals surface area contributed by atoms with Crippen molar-refractivity contribution in [1.29, 1.82) is 0 Å². The van der Waals surface area contributed by atoms with Crippen LogP contribution in [0.3, 0.4) is 0 Å². The first-order valence-corrected chi connectivity index (χ1v) is 6.50. The van der Waals surface area contributed by atoms with Gasteiger partial charge >= 0.3 is 22.6 Å². The zero-order chi connectivity index (χ0) is 16.8. The van der Waals surface area contributed by atoms with Gasteiger partial charge in [0.25, 0.3) is 0 Å². The van der Waals surface area contributed by atoms with E-state index in [1.807, 2.05) is 32.8 Å². The maximum atomic E-state index is 11.1. The number of rotatable bonds is 2. The molecule has 0 aromatic heterocycles. The molecule has 2 rings (SSSR count). The van der Waals surface area contributed by atoms with Crippen molar-refractivity contribution in [3.8, 4) is 0 Å². The molecule has 1 saturated carbocycles. The van der Waals surface area contributed by atoms with E-state index >= 15 is 0 Å². The third kappa shape index (κ3) is 11.0. The van der Waals surface area contributed by atoms with Gasteiger partial charge in [-0.05, 0) is 50.0 Å². The van der Waals surface area contributed by atoms with E-state index in [4.69, 9.17) is 9.30 Å². The number of carbonyl (C=O) groups excluding carboxylic acids is 1. The van der Waals surface area contributed by atoms with Crippen LogP contribution >= 0.6 is 0 Å². The summed E-state index contributed by atoms with van der Waals surface area (Å²) in [7, 11) is 0. The summed E-state index contributed by atoms with van der Waals surface area (Å²) in [6.07, 6.45) is 11.9. The van der Waals surface area contributed by atoms with Crippen molar-refractivity contribution in [3.63, 3.8) is 0 Å². The Kier molecular flexibility index (Phi) is 20.0. The monoisotopic (exact) mass is 344 g/mol. The number of hydrogen-bond acceptors (Lipinski definition) is 2. The number of carbonyl (C=O) groups is 1. The molecule has 22 heavy (non-hydrogen) atoms. The Hall–Kier alpha value is -0.631. The predicted octanol–water partition coefficient (Wildman–Crippen LogP) is 2.48. The standard InChI is InChI=1S/C9H14O2.C6H7.2CO.Mn/c1-6(2)9(11)7-4-3-5-8(7)10;1-6-4-2-3-5-6;2*1-2;/h3,5-7,9,11H,4H2,1-2H3;2-5H,1H3;;;/t7-,9+;;;;/m1..../s1. The van der Waals surface area contributed by atoms with Gasteiger partial charge in [0.2, 0.25) is 0 Å². The van der Waals surface area contributed by atoms with E-state index < -0.39 is 6.10 Å². The Morgan fingerprint density at radius 3 is 1.86 bits per heavy atom. The van der Waals surface area contributed by atoms with Crippen molar-refractivity contribution >= 4 is 5.78 Å². The normalized spacial score (nSPS) is 20.4. The van der Waals surface area contributed by atoms with Gasteiger partial charge in [-0.3, -0.25) is 4.79 Å². The van der Waals surface area contributed by atoms with E-state index in [2.05, 4.69) is 33.1 Å². The molecule has 0 saturated heterocycles. The topological polar surface area (TPSA) is 77.1 Å². The fraction of sp³-hybridized carbons (Fsp3) is 0.412. The average Bonchev–Trinajstić information content (AvgIpc) is 3.14. The molecule has 2 atom stereocenters. The van der Waals surface area contributed by atoms with Crippen molar-refractivity contribution in [3.05, 3.63) is 57.1 Å². The van der Waals surface area contributed by atoms with Crippen molar-refractivity contribution in [2.45, 2.75) is 33.3 Å². The van der Waals surface area contributed by atoms with E-state index in [0.29, 0.717) is 6.42 Å². The molecule has 0 bridgehead atoms. The summed E-state index contributed by atoms with van der Waals surface area (Å²) >= 11 is 0. The number of ketones is 1. The minimum atomic E-state index is -0.475. The van der Waals surface area contributed by atoms with Crippen molar-refractivity contribution in [2.24, 2.45) is 11.8 Å². The predicted molar refractivity (Wildman–Crippen MR) is 77.1 cm³/mol. The first-order valence-electron chi connectivity index (χ1n) is 6.50. The fourth-order valence-corrected chi connectivity index (χ4v) is 1.81. The van der Waals surface area contributed by atoms with Gasteiger partial charge < -0.3 is 5.11 Å². The van der Waals surface area contributed by atoms with Gasteiger partial charge in [-0.1, -0.05) is 26.8 Å². The van der Waals surface area contributed by atoms with Crippen LogP contribution in [0.5, 0.6) is 0 Å². The van der Waals surface area contributed by atoms with Crippen LogP contribution in [0.1, 0.15) is 27.2 Å². The average molecular weight is 344 g/mol. The second-order valence-electron chi connectivity index (χ2n) is 4.84. The molecule has 0 heterocycles. The maximum absolute atomic E-state index is 11.1. The number of aliphatic hydroxyl groups excluding tert-OH is 1. The van der Waals surface area contributed by atoms with Gasteiger partial charge in [-0.2, -0.15) is 0 Å². The summed E-state index contributed by atoms with van der Waals surface area (Å²) < 4.78 is 15.0. The summed E-state index contributed by atoms with van der Waals surface area (Å²) in [6.45, 7) is 14.9. The van der Waals surface area contributed by atoms with Gasteiger partial charge in [-0.15, -0.1) is 0 Å². The zero-order valence-corrected chi connectivity index (χ0v) is 14.1. The maximum Gasteiger partial charge on any atom is 0 e. The molecule has 0 aliphatic heterocycles. The Morgan fingerprint density at radius 2 is 1.64 bits per heavy atom. The van der Waals surface area contributed by atoms with Gasteiger partial charge in [-0.25, -0.2) is 0 Å². The summed E-state index contributed by atoms with van der Waals surface area (Å²) in [5.74, 6) is 1.42. The van der Waals surface area contributed by atoms with Crippen molar-refractivity contribution < 1.29 is 36.3 Å². The van der Waals surface area contributed by atoms with Crippen LogP contribution in [0.25, 0.3) is 0 Å². The molecule has 0 aromatic rings. The van der Waals surface area contributed by atoms with E-state index in [0.717, 1.165) is 0 Å². The Labute approximate surface area is 144 Å². The molecule has 1 N–H and O–H groups in total. The molecule has 2 aliphatic rings. The number of hydrogen-bond donors (Lipinski definition) is 1. The van der Waals surface area contributed by atoms with Gasteiger partial charge in [0.1, 0.15) is 0 Å². The van der Waals surface area contributed by atoms with Crippen LogP contribution in [0.15, 0.2) is 12.2 Å². The van der Waals surface area contributed by atoms with Crippen molar-refractivity contribution in [1.82, 2.24) is 0 Å². The molecule has 0 spiro atoms. The van der Waals surface area contributed by atoms with Gasteiger partial charge in [0, 0.05) is 17.1 Å². The fourth-order valence-electron chi connectivity index (χ4n) is 1.81. The largest absolute Gasteiger partial charge is 0 e. The second-order valence-corrected chi connectivity index (χ2v) is 4.84. The first kappa shape index (κ1) is 26.3. The third-order valence-corrected chi connectivity index (χ3v) is 2.96. The summed E-state index contributed by atoms with van der Waals surface area (Å²) in [4.78, 5) is 11.1. The first-order chi connectivity index (χ1) is 10.0. The quantitative estimate of drug-likeness (QED) is 0.475. The summed E-state index contributed by atoms with van der Waals surface area (Å²) in [6, 6.07) is 0. The molecule has 120 valence electrons. The molecule has 6 radical (unpaired) electrons. The molecule has 2 aliphatic carbocycles. The Morgan fingerprint density at radius 1 is 1.18 bits per heavy atom. The minimum absolute atomic E-state index is 0. The number of allylic oxidation sites excluding steroid dienone is 2. The van der Waals surface area contributed by atoms with E-state index in [-0.39, 0.29) is 34.7 Å². The van der Waals surface area contributed by atoms with Crippen LogP contribution in [-0.2, 0) is 31.2 Å². The molecule has 1 fully saturated rings. The molecular formula is C17H21MnO4. The Bertz CT molecular complexity index is 335. The van der Waals surface area contributed by atoms with Crippen LogP contribution in [0.2, 0.25) is 0 Å². The molecule has 0 unspecified atom stereocenters. The molecule has 0 aromatic carbocycles. The second kappa shape index (κ2) is 16.7. The van der Waals surface area contributed by atoms with E-state index in [1.165, 1.54) is 5.92 Å². The molecular weight excluding hydrogens is 323 g/mol. The summed E-state index contributed by atoms with van der Waals surface area (Å²) in [5, 5.41) is 9.54. The van der Waals surface area contributed by atoms with E-state index in [1.54, 1.807) is 6.08 Å². The van der Waals surface area contributed by atoms with Crippen LogP contribution < -0.4 is 0 Å². The van der Waals surface area contributed by atoms with Gasteiger partial charge in [0.05, 0.1) is 12.0 Å². The summed E-state index contributed by atoms with van der Waals surface area (Å²) in [5.41, 5.74) is 0. The molecule has 0 amide bonds. The molecule has 4 nitrogen and oxygen atoms in total. The van der Waals surface area contributed by atoms with Crippen LogP contribution in [0, 0.1) is 56.7 Å². The number of aliphatic hydroxyl groups is 1. The van der Waals surface area contributed by atoms with Gasteiger partial charge in [0.15, 0.2) is 5.78 Å². The minimum Gasteiger partial charge on any atom is 0 e. The smallest absolute Gasteiger partial charge is 0 e. The van der Waals surface area contributed by atoms with Crippen LogP contribution in [0.4, 0.5) is 0 Å². The zero-order valence-electron chi connectivity index (χ0n) is 13.0.